The molecule has 0 aliphatic heterocycles. The molecule has 0 saturated heterocycles. The molecule has 0 fully saturated rings. The second-order valence-electron chi connectivity index (χ2n) is 6.51. The van der Waals surface area contributed by atoms with E-state index < -0.39 is 12.7 Å². The lowest BCUT2D eigenvalue weighted by Gasteiger charge is -2.23. The van der Waals surface area contributed by atoms with Gasteiger partial charge in [0.25, 0.3) is 0 Å². The van der Waals surface area contributed by atoms with Crippen molar-refractivity contribution in [1.29, 1.82) is 0 Å². The SMILES string of the molecule is Cc1nn(CC(F)(F)F)c(C)c1CC(=O)NCC(C)(C)CCO. The maximum absolute atomic E-state index is 12.5. The number of carbonyl (C=O) groups excluding carboxylic acids is 1. The Balaban J connectivity index is 2.72. The first-order valence-electron chi connectivity index (χ1n) is 7.42. The molecule has 0 aromatic carbocycles. The predicted octanol–water partition coefficient (Wildman–Crippen LogP) is 2.13. The Morgan fingerprint density at radius 3 is 2.43 bits per heavy atom. The number of nitrogens with one attached hydrogen (secondary N) is 1. The Morgan fingerprint density at radius 1 is 1.30 bits per heavy atom. The first-order chi connectivity index (χ1) is 10.4. The van der Waals surface area contributed by atoms with Gasteiger partial charge in [0.15, 0.2) is 0 Å². The van der Waals surface area contributed by atoms with E-state index in [1.807, 2.05) is 13.8 Å². The third-order valence-corrected chi connectivity index (χ3v) is 3.75. The van der Waals surface area contributed by atoms with Crippen molar-refractivity contribution in [2.24, 2.45) is 5.41 Å². The van der Waals surface area contributed by atoms with Gasteiger partial charge in [0.2, 0.25) is 5.91 Å². The van der Waals surface area contributed by atoms with E-state index in [1.165, 1.54) is 6.92 Å². The quantitative estimate of drug-likeness (QED) is 0.802. The van der Waals surface area contributed by atoms with Crippen LogP contribution in [-0.2, 0) is 17.8 Å². The fourth-order valence-corrected chi connectivity index (χ4v) is 2.27. The van der Waals surface area contributed by atoms with Crippen molar-refractivity contribution in [1.82, 2.24) is 15.1 Å². The topological polar surface area (TPSA) is 67.2 Å². The summed E-state index contributed by atoms with van der Waals surface area (Å²) in [7, 11) is 0. The molecule has 5 nitrogen and oxygen atoms in total. The maximum Gasteiger partial charge on any atom is 0.408 e. The third-order valence-electron chi connectivity index (χ3n) is 3.75. The third kappa shape index (κ3) is 6.21. The van der Waals surface area contributed by atoms with Gasteiger partial charge in [-0.25, -0.2) is 0 Å². The van der Waals surface area contributed by atoms with Gasteiger partial charge in [-0.1, -0.05) is 13.8 Å². The van der Waals surface area contributed by atoms with Crippen molar-refractivity contribution in [3.05, 3.63) is 17.0 Å². The highest BCUT2D eigenvalue weighted by Crippen LogP contribution is 2.22. The van der Waals surface area contributed by atoms with Crippen molar-refractivity contribution in [2.75, 3.05) is 13.2 Å². The molecule has 132 valence electrons. The van der Waals surface area contributed by atoms with Gasteiger partial charge in [-0.05, 0) is 25.7 Å². The minimum Gasteiger partial charge on any atom is -0.396 e. The molecule has 0 aliphatic carbocycles. The van der Waals surface area contributed by atoms with E-state index in [0.717, 1.165) is 4.68 Å². The predicted molar refractivity (Wildman–Crippen MR) is 80.0 cm³/mol. The van der Waals surface area contributed by atoms with Crippen LogP contribution in [0.3, 0.4) is 0 Å². The van der Waals surface area contributed by atoms with Crippen LogP contribution < -0.4 is 5.32 Å². The number of aliphatic hydroxyl groups is 1. The Bertz CT molecular complexity index is 551. The summed E-state index contributed by atoms with van der Waals surface area (Å²) in [6, 6.07) is 0. The summed E-state index contributed by atoms with van der Waals surface area (Å²) in [5.74, 6) is -0.270. The Hall–Kier alpha value is -1.57. The van der Waals surface area contributed by atoms with Crippen LogP contribution in [0.5, 0.6) is 0 Å². The zero-order valence-electron chi connectivity index (χ0n) is 13.9. The Labute approximate surface area is 133 Å². The molecule has 8 heteroatoms. The zero-order valence-corrected chi connectivity index (χ0v) is 13.9. The van der Waals surface area contributed by atoms with Crippen molar-refractivity contribution in [3.63, 3.8) is 0 Å². The number of aromatic nitrogens is 2. The number of alkyl halides is 3. The Kier molecular flexibility index (Phi) is 6.21. The van der Waals surface area contributed by atoms with E-state index >= 15 is 0 Å². The normalized spacial score (nSPS) is 12.5. The van der Waals surface area contributed by atoms with Crippen LogP contribution in [0.25, 0.3) is 0 Å². The second-order valence-corrected chi connectivity index (χ2v) is 6.51. The van der Waals surface area contributed by atoms with Gasteiger partial charge in [-0.3, -0.25) is 9.48 Å². The van der Waals surface area contributed by atoms with Gasteiger partial charge in [0.1, 0.15) is 6.54 Å². The average molecular weight is 335 g/mol. The van der Waals surface area contributed by atoms with E-state index in [1.54, 1.807) is 6.92 Å². The smallest absolute Gasteiger partial charge is 0.396 e. The molecule has 0 unspecified atom stereocenters. The highest BCUT2D eigenvalue weighted by molar-refractivity contribution is 5.79. The van der Waals surface area contributed by atoms with E-state index in [0.29, 0.717) is 29.9 Å². The van der Waals surface area contributed by atoms with E-state index in [2.05, 4.69) is 10.4 Å². The Morgan fingerprint density at radius 2 is 1.91 bits per heavy atom. The van der Waals surface area contributed by atoms with Crippen LogP contribution in [0.2, 0.25) is 0 Å². The van der Waals surface area contributed by atoms with Crippen molar-refractivity contribution in [3.8, 4) is 0 Å². The number of aliphatic hydroxyl groups excluding tert-OH is 1. The number of hydrogen-bond acceptors (Lipinski definition) is 3. The minimum atomic E-state index is -4.35. The number of nitrogens with zero attached hydrogens (tertiary/aromatic N) is 2. The molecule has 0 radical (unpaired) electrons. The van der Waals surface area contributed by atoms with E-state index in [9.17, 15) is 18.0 Å². The van der Waals surface area contributed by atoms with Crippen molar-refractivity contribution < 1.29 is 23.1 Å². The molecule has 0 atom stereocenters. The van der Waals surface area contributed by atoms with Crippen molar-refractivity contribution in [2.45, 2.75) is 53.3 Å². The summed E-state index contributed by atoms with van der Waals surface area (Å²) in [5.41, 5.74) is 1.06. The lowest BCUT2D eigenvalue weighted by Crippen LogP contribution is -2.35. The van der Waals surface area contributed by atoms with Gasteiger partial charge in [-0.2, -0.15) is 18.3 Å². The maximum atomic E-state index is 12.5. The number of hydrogen-bond donors (Lipinski definition) is 2. The first kappa shape index (κ1) is 19.5. The molecule has 1 rings (SSSR count). The number of amides is 1. The highest BCUT2D eigenvalue weighted by atomic mass is 19.4. The summed E-state index contributed by atoms with van der Waals surface area (Å²) in [5, 5.41) is 15.6. The molecule has 0 aliphatic rings. The molecule has 0 spiro atoms. The lowest BCUT2D eigenvalue weighted by molar-refractivity contribution is -0.143. The summed E-state index contributed by atoms with van der Waals surface area (Å²) >= 11 is 0. The second kappa shape index (κ2) is 7.33. The fourth-order valence-electron chi connectivity index (χ4n) is 2.27. The number of carbonyl (C=O) groups is 1. The molecule has 1 amide bonds. The largest absolute Gasteiger partial charge is 0.408 e. The lowest BCUT2D eigenvalue weighted by atomic mass is 9.89. The molecule has 0 saturated carbocycles. The monoisotopic (exact) mass is 335 g/mol. The molecule has 0 bridgehead atoms. The van der Waals surface area contributed by atoms with Crippen LogP contribution in [0.1, 0.15) is 37.2 Å². The number of aryl methyl sites for hydroxylation is 1. The molecule has 2 N–H and O–H groups in total. The summed E-state index contributed by atoms with van der Waals surface area (Å²) in [6.07, 6.45) is -3.81. The summed E-state index contributed by atoms with van der Waals surface area (Å²) in [6.45, 7) is 6.22. The summed E-state index contributed by atoms with van der Waals surface area (Å²) < 4.78 is 38.3. The molecule has 1 aromatic rings. The molecule has 23 heavy (non-hydrogen) atoms. The van der Waals surface area contributed by atoms with Crippen LogP contribution in [0.4, 0.5) is 13.2 Å². The molecular weight excluding hydrogens is 311 g/mol. The van der Waals surface area contributed by atoms with Crippen LogP contribution in [-0.4, -0.2) is 40.1 Å². The standard InChI is InChI=1S/C15H24F3N3O2/c1-10-12(11(2)21(20-10)9-15(16,17)18)7-13(23)19-8-14(3,4)5-6-22/h22H,5-9H2,1-4H3,(H,19,23). The molecule has 1 aromatic heterocycles. The highest BCUT2D eigenvalue weighted by Gasteiger charge is 2.30. The minimum absolute atomic E-state index is 0.00920. The van der Waals surface area contributed by atoms with E-state index in [4.69, 9.17) is 5.11 Å². The van der Waals surface area contributed by atoms with Gasteiger partial charge in [0, 0.05) is 24.4 Å². The number of rotatable bonds is 7. The number of halogens is 3. The van der Waals surface area contributed by atoms with Gasteiger partial charge in [0.05, 0.1) is 12.1 Å². The van der Waals surface area contributed by atoms with Crippen LogP contribution >= 0.6 is 0 Å². The van der Waals surface area contributed by atoms with E-state index in [-0.39, 0.29) is 24.3 Å². The van der Waals surface area contributed by atoms with Gasteiger partial charge >= 0.3 is 6.18 Å². The summed E-state index contributed by atoms with van der Waals surface area (Å²) in [4.78, 5) is 12.0. The molecular formula is C15H24F3N3O2. The van der Waals surface area contributed by atoms with Crippen molar-refractivity contribution >= 4 is 5.91 Å². The van der Waals surface area contributed by atoms with Crippen LogP contribution in [0.15, 0.2) is 0 Å². The molecule has 1 heterocycles. The van der Waals surface area contributed by atoms with Gasteiger partial charge in [-0.15, -0.1) is 0 Å². The first-order valence-corrected chi connectivity index (χ1v) is 7.42. The zero-order chi connectivity index (χ0) is 17.8. The van der Waals surface area contributed by atoms with Gasteiger partial charge < -0.3 is 10.4 Å². The van der Waals surface area contributed by atoms with Crippen LogP contribution in [0, 0.1) is 19.3 Å². The average Bonchev–Trinajstić information content (AvgIpc) is 2.62. The fraction of sp³-hybridized carbons (Fsp3) is 0.733.